The van der Waals surface area contributed by atoms with Gasteiger partial charge in [0.05, 0.1) is 18.8 Å². The highest BCUT2D eigenvalue weighted by Gasteiger charge is 2.21. The van der Waals surface area contributed by atoms with Crippen molar-refractivity contribution in [2.24, 2.45) is 0 Å². The van der Waals surface area contributed by atoms with Crippen LogP contribution in [0.15, 0.2) is 101 Å². The average molecular weight is 417 g/mol. The molecule has 4 rings (SSSR count). The molecule has 0 radical (unpaired) electrons. The Labute approximate surface area is 180 Å². The Kier molecular flexibility index (Phi) is 6.62. The molecule has 4 aromatic rings. The van der Waals surface area contributed by atoms with Gasteiger partial charge < -0.3 is 14.6 Å². The van der Waals surface area contributed by atoms with E-state index < -0.39 is 0 Å². The summed E-state index contributed by atoms with van der Waals surface area (Å²) in [5.74, 6) is 0.771. The lowest BCUT2D eigenvalue weighted by molar-refractivity contribution is 0.188. The molecule has 5 heteroatoms. The number of hydrogen-bond donors (Lipinski definition) is 1. The largest absolute Gasteiger partial charge is 0.467 e. The lowest BCUT2D eigenvalue weighted by atomic mass is 9.99. The molecule has 30 heavy (non-hydrogen) atoms. The number of amides is 2. The van der Waals surface area contributed by atoms with Crippen molar-refractivity contribution < 1.29 is 9.21 Å². The number of carbonyl (C=O) groups excluding carboxylic acids is 1. The van der Waals surface area contributed by atoms with Gasteiger partial charge in [-0.25, -0.2) is 4.79 Å². The number of carbonyl (C=O) groups is 1. The third-order valence-electron chi connectivity index (χ3n) is 4.96. The lowest BCUT2D eigenvalue weighted by Gasteiger charge is -2.26. The summed E-state index contributed by atoms with van der Waals surface area (Å²) < 4.78 is 5.51. The molecule has 2 aromatic carbocycles. The second kappa shape index (κ2) is 9.94. The topological polar surface area (TPSA) is 45.5 Å². The minimum Gasteiger partial charge on any atom is -0.467 e. The zero-order chi connectivity index (χ0) is 20.6. The Morgan fingerprint density at radius 2 is 1.60 bits per heavy atom. The van der Waals surface area contributed by atoms with Gasteiger partial charge in [0.2, 0.25) is 0 Å². The quantitative estimate of drug-likeness (QED) is 0.389. The first-order valence-corrected chi connectivity index (χ1v) is 10.9. The normalized spacial score (nSPS) is 10.8. The SMILES string of the molecule is O=C(NC(c1ccccc1)c1ccccc1)N(CCc1cccs1)Cc1ccco1. The molecule has 1 N–H and O–H groups in total. The van der Waals surface area contributed by atoms with E-state index in [0.29, 0.717) is 13.1 Å². The average Bonchev–Trinajstić information content (AvgIpc) is 3.50. The van der Waals surface area contributed by atoms with Gasteiger partial charge in [0.1, 0.15) is 5.76 Å². The lowest BCUT2D eigenvalue weighted by Crippen LogP contribution is -2.42. The predicted octanol–water partition coefficient (Wildman–Crippen LogP) is 5.89. The van der Waals surface area contributed by atoms with E-state index in [1.807, 2.05) is 83.8 Å². The number of urea groups is 1. The molecule has 0 atom stereocenters. The third-order valence-corrected chi connectivity index (χ3v) is 5.89. The van der Waals surface area contributed by atoms with E-state index in [-0.39, 0.29) is 12.1 Å². The van der Waals surface area contributed by atoms with E-state index in [9.17, 15) is 4.79 Å². The van der Waals surface area contributed by atoms with Gasteiger partial charge in [-0.3, -0.25) is 0 Å². The highest BCUT2D eigenvalue weighted by Crippen LogP contribution is 2.22. The van der Waals surface area contributed by atoms with Crippen LogP contribution >= 0.6 is 11.3 Å². The van der Waals surface area contributed by atoms with E-state index in [0.717, 1.165) is 23.3 Å². The summed E-state index contributed by atoms with van der Waals surface area (Å²) in [5.41, 5.74) is 2.10. The molecule has 0 aliphatic carbocycles. The minimum atomic E-state index is -0.222. The molecule has 0 aliphatic rings. The molecule has 2 heterocycles. The van der Waals surface area contributed by atoms with Gasteiger partial charge in [-0.15, -0.1) is 11.3 Å². The van der Waals surface area contributed by atoms with Crippen molar-refractivity contribution in [3.05, 3.63) is 118 Å². The van der Waals surface area contributed by atoms with Crippen LogP contribution in [0.3, 0.4) is 0 Å². The number of thiophene rings is 1. The smallest absolute Gasteiger partial charge is 0.318 e. The summed E-state index contributed by atoms with van der Waals surface area (Å²) in [4.78, 5) is 16.4. The fourth-order valence-corrected chi connectivity index (χ4v) is 4.11. The highest BCUT2D eigenvalue weighted by molar-refractivity contribution is 7.09. The Balaban J connectivity index is 1.55. The summed E-state index contributed by atoms with van der Waals surface area (Å²) in [6.07, 6.45) is 2.45. The molecule has 2 amide bonds. The molecule has 0 fully saturated rings. The Morgan fingerprint density at radius 1 is 0.900 bits per heavy atom. The Morgan fingerprint density at radius 3 is 2.17 bits per heavy atom. The number of nitrogens with zero attached hydrogens (tertiary/aromatic N) is 1. The first-order chi connectivity index (χ1) is 14.8. The summed E-state index contributed by atoms with van der Waals surface area (Å²) in [6, 6.07) is 27.7. The highest BCUT2D eigenvalue weighted by atomic mass is 32.1. The molecule has 0 bridgehead atoms. The van der Waals surface area contributed by atoms with Gasteiger partial charge >= 0.3 is 6.03 Å². The predicted molar refractivity (Wildman–Crippen MR) is 120 cm³/mol. The molecule has 4 nitrogen and oxygen atoms in total. The van der Waals surface area contributed by atoms with Crippen molar-refractivity contribution >= 4 is 17.4 Å². The van der Waals surface area contributed by atoms with Crippen molar-refractivity contribution in [2.45, 2.75) is 19.0 Å². The monoisotopic (exact) mass is 416 g/mol. The van der Waals surface area contributed by atoms with Crippen LogP contribution in [-0.4, -0.2) is 17.5 Å². The van der Waals surface area contributed by atoms with Crippen LogP contribution in [0.1, 0.15) is 27.8 Å². The summed E-state index contributed by atoms with van der Waals surface area (Å²) in [7, 11) is 0. The maximum Gasteiger partial charge on any atom is 0.318 e. The van der Waals surface area contributed by atoms with Gasteiger partial charge in [0, 0.05) is 11.4 Å². The second-order valence-corrected chi connectivity index (χ2v) is 8.07. The van der Waals surface area contributed by atoms with Crippen LogP contribution in [0.2, 0.25) is 0 Å². The molecule has 152 valence electrons. The maximum atomic E-state index is 13.4. The fraction of sp³-hybridized carbons (Fsp3) is 0.160. The fourth-order valence-electron chi connectivity index (χ4n) is 3.41. The number of rotatable bonds is 8. The molecule has 0 unspecified atom stereocenters. The van der Waals surface area contributed by atoms with E-state index in [2.05, 4.69) is 16.8 Å². The summed E-state index contributed by atoms with van der Waals surface area (Å²) >= 11 is 1.71. The molecular formula is C25H24N2O2S. The molecule has 0 saturated heterocycles. The molecule has 2 aromatic heterocycles. The first-order valence-electron chi connectivity index (χ1n) is 10.00. The van der Waals surface area contributed by atoms with Gasteiger partial charge in [0.25, 0.3) is 0 Å². The van der Waals surface area contributed by atoms with Crippen LogP contribution in [0.25, 0.3) is 0 Å². The summed E-state index contributed by atoms with van der Waals surface area (Å²) in [5, 5.41) is 5.30. The van der Waals surface area contributed by atoms with Crippen LogP contribution in [0.5, 0.6) is 0 Å². The Bertz CT molecular complexity index is 976. The Hall–Kier alpha value is -3.31. The maximum absolute atomic E-state index is 13.4. The van der Waals surface area contributed by atoms with Gasteiger partial charge in [-0.05, 0) is 41.1 Å². The zero-order valence-corrected chi connectivity index (χ0v) is 17.4. The van der Waals surface area contributed by atoms with Crippen molar-refractivity contribution in [3.63, 3.8) is 0 Å². The molecular weight excluding hydrogens is 392 g/mol. The van der Waals surface area contributed by atoms with Crippen LogP contribution in [0, 0.1) is 0 Å². The standard InChI is InChI=1S/C25H24N2O2S/c28-25(26-24(20-9-3-1-4-10-20)21-11-5-2-6-12-21)27(19-22-13-7-17-29-22)16-15-23-14-8-18-30-23/h1-14,17-18,24H,15-16,19H2,(H,26,28). The number of hydrogen-bond acceptors (Lipinski definition) is 3. The van der Waals surface area contributed by atoms with Crippen LogP contribution in [0.4, 0.5) is 4.79 Å². The van der Waals surface area contributed by atoms with Crippen molar-refractivity contribution in [3.8, 4) is 0 Å². The summed E-state index contributed by atoms with van der Waals surface area (Å²) in [6.45, 7) is 1.05. The van der Waals surface area contributed by atoms with E-state index in [1.54, 1.807) is 17.6 Å². The van der Waals surface area contributed by atoms with Crippen molar-refractivity contribution in [2.75, 3.05) is 6.54 Å². The van der Waals surface area contributed by atoms with Crippen molar-refractivity contribution in [1.82, 2.24) is 10.2 Å². The second-order valence-electron chi connectivity index (χ2n) is 7.03. The van der Waals surface area contributed by atoms with Gasteiger partial charge in [-0.2, -0.15) is 0 Å². The molecule has 0 aliphatic heterocycles. The molecule has 0 spiro atoms. The zero-order valence-electron chi connectivity index (χ0n) is 16.6. The number of nitrogens with one attached hydrogen (secondary N) is 1. The number of furan rings is 1. The molecule has 0 saturated carbocycles. The first kappa shape index (κ1) is 20.0. The number of benzene rings is 2. The minimum absolute atomic E-state index is 0.110. The van der Waals surface area contributed by atoms with Gasteiger partial charge in [-0.1, -0.05) is 66.7 Å². The van der Waals surface area contributed by atoms with Crippen LogP contribution < -0.4 is 5.32 Å². The van der Waals surface area contributed by atoms with E-state index in [1.165, 1.54) is 4.88 Å². The third kappa shape index (κ3) is 5.19. The van der Waals surface area contributed by atoms with E-state index >= 15 is 0 Å². The van der Waals surface area contributed by atoms with Gasteiger partial charge in [0.15, 0.2) is 0 Å². The van der Waals surface area contributed by atoms with E-state index in [4.69, 9.17) is 4.42 Å². The van der Waals surface area contributed by atoms with Crippen molar-refractivity contribution in [1.29, 1.82) is 0 Å². The van der Waals surface area contributed by atoms with Crippen LogP contribution in [-0.2, 0) is 13.0 Å².